The lowest BCUT2D eigenvalue weighted by Crippen LogP contribution is -2.48. The number of likely N-dealkylation sites (tertiary alicyclic amines) is 1. The highest BCUT2D eigenvalue weighted by Gasteiger charge is 2.39. The van der Waals surface area contributed by atoms with Crippen molar-refractivity contribution in [2.75, 3.05) is 18.8 Å². The maximum Gasteiger partial charge on any atom is 0.311 e. The van der Waals surface area contributed by atoms with Crippen molar-refractivity contribution in [3.05, 3.63) is 28.8 Å². The molecule has 0 spiro atoms. The maximum absolute atomic E-state index is 12.8. The van der Waals surface area contributed by atoms with Crippen LogP contribution in [0, 0.1) is 5.41 Å². The first kappa shape index (κ1) is 17.2. The molecular weight excluding hydrogens is 322 g/mol. The third kappa shape index (κ3) is 3.58. The smallest absolute Gasteiger partial charge is 0.311 e. The molecule has 1 saturated heterocycles. The Morgan fingerprint density at radius 1 is 1.45 bits per heavy atom. The number of halogens is 1. The van der Waals surface area contributed by atoms with Crippen LogP contribution in [0.5, 0.6) is 0 Å². The van der Waals surface area contributed by atoms with Gasteiger partial charge in [-0.1, -0.05) is 18.5 Å². The second kappa shape index (κ2) is 6.92. The van der Waals surface area contributed by atoms with E-state index >= 15 is 0 Å². The standard InChI is InChI=1S/C16H20ClNO3S/c1-3-22-13-9-11(17)5-6-12(13)14(19)18-8-4-7-16(2,10-18)15(20)21/h5-6,9H,3-4,7-8,10H2,1-2H3,(H,20,21). The average molecular weight is 342 g/mol. The Hall–Kier alpha value is -1.20. The number of carboxylic acid groups (broad SMARTS) is 1. The minimum atomic E-state index is -0.863. The molecule has 1 N–H and O–H groups in total. The summed E-state index contributed by atoms with van der Waals surface area (Å²) in [5, 5.41) is 9.98. The second-order valence-corrected chi connectivity index (χ2v) is 7.51. The van der Waals surface area contributed by atoms with Gasteiger partial charge in [0, 0.05) is 23.0 Å². The summed E-state index contributed by atoms with van der Waals surface area (Å²) in [4.78, 5) is 26.7. The molecule has 1 unspecified atom stereocenters. The molecule has 2 rings (SSSR count). The Kier molecular flexibility index (Phi) is 5.40. The summed E-state index contributed by atoms with van der Waals surface area (Å²) in [7, 11) is 0. The third-order valence-electron chi connectivity index (χ3n) is 3.97. The fourth-order valence-electron chi connectivity index (χ4n) is 2.71. The molecule has 6 heteroatoms. The van der Waals surface area contributed by atoms with Crippen molar-refractivity contribution in [2.24, 2.45) is 5.41 Å². The molecule has 0 radical (unpaired) electrons. The van der Waals surface area contributed by atoms with Crippen LogP contribution < -0.4 is 0 Å². The number of nitrogens with zero attached hydrogens (tertiary/aromatic N) is 1. The quantitative estimate of drug-likeness (QED) is 0.847. The van der Waals surface area contributed by atoms with Crippen LogP contribution in [0.3, 0.4) is 0 Å². The maximum atomic E-state index is 12.8. The van der Waals surface area contributed by atoms with Crippen molar-refractivity contribution in [2.45, 2.75) is 31.6 Å². The van der Waals surface area contributed by atoms with Crippen molar-refractivity contribution < 1.29 is 14.7 Å². The zero-order valence-electron chi connectivity index (χ0n) is 12.8. The topological polar surface area (TPSA) is 57.6 Å². The van der Waals surface area contributed by atoms with Gasteiger partial charge in [-0.15, -0.1) is 11.8 Å². The van der Waals surface area contributed by atoms with Gasteiger partial charge >= 0.3 is 5.97 Å². The number of carboxylic acids is 1. The van der Waals surface area contributed by atoms with Crippen molar-refractivity contribution in [1.82, 2.24) is 4.90 Å². The van der Waals surface area contributed by atoms with Gasteiger partial charge in [0.05, 0.1) is 11.0 Å². The van der Waals surface area contributed by atoms with Crippen LogP contribution in [-0.2, 0) is 4.79 Å². The fraction of sp³-hybridized carbons (Fsp3) is 0.500. The predicted molar refractivity (Wildman–Crippen MR) is 88.7 cm³/mol. The van der Waals surface area contributed by atoms with Crippen LogP contribution in [0.2, 0.25) is 5.02 Å². The van der Waals surface area contributed by atoms with Crippen LogP contribution >= 0.6 is 23.4 Å². The predicted octanol–water partition coefficient (Wildman–Crippen LogP) is 3.78. The van der Waals surface area contributed by atoms with Gasteiger partial charge in [0.15, 0.2) is 0 Å². The van der Waals surface area contributed by atoms with E-state index in [1.807, 2.05) is 6.92 Å². The fourth-order valence-corrected chi connectivity index (χ4v) is 3.77. The van der Waals surface area contributed by atoms with E-state index in [1.54, 1.807) is 41.8 Å². The Morgan fingerprint density at radius 2 is 2.18 bits per heavy atom. The number of piperidine rings is 1. The van der Waals surface area contributed by atoms with Crippen LogP contribution in [0.1, 0.15) is 37.0 Å². The number of hydrogen-bond acceptors (Lipinski definition) is 3. The first-order valence-electron chi connectivity index (χ1n) is 7.32. The van der Waals surface area contributed by atoms with Crippen molar-refractivity contribution in [3.63, 3.8) is 0 Å². The van der Waals surface area contributed by atoms with Gasteiger partial charge < -0.3 is 10.0 Å². The van der Waals surface area contributed by atoms with Gasteiger partial charge in [-0.3, -0.25) is 9.59 Å². The lowest BCUT2D eigenvalue weighted by Gasteiger charge is -2.37. The zero-order chi connectivity index (χ0) is 16.3. The second-order valence-electron chi connectivity index (χ2n) is 5.77. The molecule has 120 valence electrons. The van der Waals surface area contributed by atoms with E-state index < -0.39 is 11.4 Å². The van der Waals surface area contributed by atoms with Crippen LogP contribution in [0.25, 0.3) is 0 Å². The summed E-state index contributed by atoms with van der Waals surface area (Å²) < 4.78 is 0. The van der Waals surface area contributed by atoms with Gasteiger partial charge in [-0.05, 0) is 43.7 Å². The molecule has 0 aliphatic carbocycles. The number of rotatable bonds is 4. The average Bonchev–Trinajstić information content (AvgIpc) is 2.47. The Morgan fingerprint density at radius 3 is 2.82 bits per heavy atom. The molecule has 1 atom stereocenters. The Balaban J connectivity index is 2.26. The van der Waals surface area contributed by atoms with E-state index in [1.165, 1.54) is 0 Å². The summed E-state index contributed by atoms with van der Waals surface area (Å²) in [5.41, 5.74) is -0.260. The van der Waals surface area contributed by atoms with E-state index in [2.05, 4.69) is 0 Å². The largest absolute Gasteiger partial charge is 0.481 e. The minimum absolute atomic E-state index is 0.111. The van der Waals surface area contributed by atoms with Crippen molar-refractivity contribution in [1.29, 1.82) is 0 Å². The molecular formula is C16H20ClNO3S. The summed E-state index contributed by atoms with van der Waals surface area (Å²) in [6.45, 7) is 4.57. The van der Waals surface area contributed by atoms with Gasteiger partial charge in [0.25, 0.3) is 5.91 Å². The van der Waals surface area contributed by atoms with E-state index in [9.17, 15) is 14.7 Å². The molecule has 1 fully saturated rings. The number of aliphatic carboxylic acids is 1. The summed E-state index contributed by atoms with van der Waals surface area (Å²) in [5.74, 6) is -0.114. The summed E-state index contributed by atoms with van der Waals surface area (Å²) in [6.07, 6.45) is 1.31. The normalized spacial score (nSPS) is 21.7. The Labute approximate surface area is 139 Å². The molecule has 1 aromatic carbocycles. The van der Waals surface area contributed by atoms with E-state index in [0.717, 1.165) is 10.6 Å². The molecule has 0 saturated carbocycles. The number of thioether (sulfide) groups is 1. The number of carbonyl (C=O) groups is 2. The molecule has 1 heterocycles. The highest BCUT2D eigenvalue weighted by atomic mass is 35.5. The van der Waals surface area contributed by atoms with Crippen molar-refractivity contribution >= 4 is 35.2 Å². The van der Waals surface area contributed by atoms with E-state index in [4.69, 9.17) is 11.6 Å². The van der Waals surface area contributed by atoms with Crippen LogP contribution in [0.4, 0.5) is 0 Å². The molecule has 0 aromatic heterocycles. The summed E-state index contributed by atoms with van der Waals surface area (Å²) in [6, 6.07) is 5.23. The lowest BCUT2D eigenvalue weighted by atomic mass is 9.82. The van der Waals surface area contributed by atoms with Gasteiger partial charge in [0.1, 0.15) is 0 Å². The highest BCUT2D eigenvalue weighted by Crippen LogP contribution is 2.32. The Bertz CT molecular complexity index is 593. The molecule has 0 bridgehead atoms. The molecule has 1 aliphatic rings. The monoisotopic (exact) mass is 341 g/mol. The van der Waals surface area contributed by atoms with E-state index in [0.29, 0.717) is 30.0 Å². The van der Waals surface area contributed by atoms with Crippen LogP contribution in [0.15, 0.2) is 23.1 Å². The minimum Gasteiger partial charge on any atom is -0.481 e. The molecule has 1 aromatic rings. The summed E-state index contributed by atoms with van der Waals surface area (Å²) >= 11 is 7.58. The number of hydrogen-bond donors (Lipinski definition) is 1. The third-order valence-corrected chi connectivity index (χ3v) is 5.15. The van der Waals surface area contributed by atoms with Crippen molar-refractivity contribution in [3.8, 4) is 0 Å². The first-order valence-corrected chi connectivity index (χ1v) is 8.69. The van der Waals surface area contributed by atoms with Gasteiger partial charge in [-0.2, -0.15) is 0 Å². The first-order chi connectivity index (χ1) is 10.4. The van der Waals surface area contributed by atoms with Gasteiger partial charge in [-0.25, -0.2) is 0 Å². The number of benzene rings is 1. The van der Waals surface area contributed by atoms with Crippen LogP contribution in [-0.4, -0.2) is 40.7 Å². The highest BCUT2D eigenvalue weighted by molar-refractivity contribution is 7.99. The SMILES string of the molecule is CCSc1cc(Cl)ccc1C(=O)N1CCCC(C)(C(=O)O)C1. The number of carbonyl (C=O) groups excluding carboxylic acids is 1. The number of amides is 1. The molecule has 4 nitrogen and oxygen atoms in total. The molecule has 1 aliphatic heterocycles. The molecule has 22 heavy (non-hydrogen) atoms. The van der Waals surface area contributed by atoms with E-state index in [-0.39, 0.29) is 12.5 Å². The van der Waals surface area contributed by atoms with Gasteiger partial charge in [0.2, 0.25) is 0 Å². The lowest BCUT2D eigenvalue weighted by molar-refractivity contribution is -0.150. The zero-order valence-corrected chi connectivity index (χ0v) is 14.3. The molecule has 1 amide bonds.